The lowest BCUT2D eigenvalue weighted by atomic mass is 9.98. The van der Waals surface area contributed by atoms with Gasteiger partial charge in [0, 0.05) is 46.1 Å². The first kappa shape index (κ1) is 29.7. The van der Waals surface area contributed by atoms with E-state index in [0.29, 0.717) is 46.6 Å². The Morgan fingerprint density at radius 2 is 1.75 bits per heavy atom. The Morgan fingerprint density at radius 3 is 2.52 bits per heavy atom. The maximum Gasteiger partial charge on any atom is 0.304 e. The van der Waals surface area contributed by atoms with E-state index in [4.69, 9.17) is 27.9 Å². The van der Waals surface area contributed by atoms with Crippen molar-refractivity contribution in [3.63, 3.8) is 0 Å². The Labute approximate surface area is 248 Å². The van der Waals surface area contributed by atoms with E-state index in [0.717, 1.165) is 27.7 Å². The quantitative estimate of drug-likeness (QED) is 0.180. The van der Waals surface area contributed by atoms with Gasteiger partial charge in [-0.2, -0.15) is 11.8 Å². The third-order valence-electron chi connectivity index (χ3n) is 6.35. The van der Waals surface area contributed by atoms with Gasteiger partial charge in [0.15, 0.2) is 0 Å². The number of amides is 1. The van der Waals surface area contributed by atoms with Crippen molar-refractivity contribution >= 4 is 57.7 Å². The Morgan fingerprint density at radius 1 is 1.00 bits per heavy atom. The topological polar surface area (TPSA) is 79.7 Å². The molecule has 1 aromatic heterocycles. The third-order valence-corrected chi connectivity index (χ3v) is 8.17. The van der Waals surface area contributed by atoms with E-state index in [9.17, 15) is 14.7 Å². The van der Waals surface area contributed by atoms with Gasteiger partial charge in [-0.3, -0.25) is 9.59 Å². The highest BCUT2D eigenvalue weighted by atomic mass is 35.5. The van der Waals surface area contributed by atoms with Crippen LogP contribution in [0.25, 0.3) is 10.9 Å². The van der Waals surface area contributed by atoms with Gasteiger partial charge >= 0.3 is 5.97 Å². The molecular formula is C31H30Cl2N2O4S. The molecule has 1 amide bonds. The second kappa shape index (κ2) is 13.9. The largest absolute Gasteiger partial charge is 0.487 e. The fraction of sp³-hybridized carbons (Fsp3) is 0.258. The summed E-state index contributed by atoms with van der Waals surface area (Å²) in [5.74, 6) is 0.236. The van der Waals surface area contributed by atoms with Crippen molar-refractivity contribution in [2.75, 3.05) is 19.8 Å². The van der Waals surface area contributed by atoms with Crippen molar-refractivity contribution in [3.05, 3.63) is 105 Å². The molecule has 1 N–H and O–H groups in total. The number of carboxylic acid groups (broad SMARTS) is 1. The number of hydrogen-bond donors (Lipinski definition) is 1. The molecule has 40 heavy (non-hydrogen) atoms. The summed E-state index contributed by atoms with van der Waals surface area (Å²) >= 11 is 13.9. The highest BCUT2D eigenvalue weighted by Crippen LogP contribution is 2.36. The number of nitrogens with zero attached hydrogens (tertiary/aromatic N) is 2. The Hall–Kier alpha value is -3.26. The van der Waals surface area contributed by atoms with Crippen molar-refractivity contribution in [1.29, 1.82) is 0 Å². The second-order valence-corrected chi connectivity index (χ2v) is 11.7. The normalized spacial score (nSPS) is 11.8. The first-order valence-electron chi connectivity index (χ1n) is 12.8. The van der Waals surface area contributed by atoms with E-state index < -0.39 is 5.97 Å². The van der Waals surface area contributed by atoms with Crippen molar-refractivity contribution in [3.8, 4) is 5.75 Å². The number of hydrogen-bond acceptors (Lipinski definition) is 5. The van der Waals surface area contributed by atoms with Crippen molar-refractivity contribution < 1.29 is 19.4 Å². The van der Waals surface area contributed by atoms with E-state index in [1.165, 1.54) is 4.90 Å². The predicted octanol–water partition coefficient (Wildman–Crippen LogP) is 7.70. The van der Waals surface area contributed by atoms with Crippen molar-refractivity contribution in [1.82, 2.24) is 9.88 Å². The van der Waals surface area contributed by atoms with Gasteiger partial charge in [0.25, 0.3) is 5.91 Å². The molecule has 3 aromatic carbocycles. The maximum absolute atomic E-state index is 12.8. The minimum atomic E-state index is -0.830. The van der Waals surface area contributed by atoms with Gasteiger partial charge in [0.2, 0.25) is 0 Å². The number of aliphatic carboxylic acids is 1. The number of ether oxygens (including phenoxy) is 1. The first-order chi connectivity index (χ1) is 19.2. The number of fused-ring (bicyclic) bond motifs is 1. The van der Waals surface area contributed by atoms with Crippen LogP contribution >= 0.6 is 35.0 Å². The number of aryl methyl sites for hydroxylation is 1. The van der Waals surface area contributed by atoms with Gasteiger partial charge in [-0.25, -0.2) is 4.98 Å². The van der Waals surface area contributed by atoms with Gasteiger partial charge < -0.3 is 14.7 Å². The van der Waals surface area contributed by atoms with Crippen LogP contribution in [0, 0.1) is 0 Å². The summed E-state index contributed by atoms with van der Waals surface area (Å²) in [6.45, 7) is 0.295. The average Bonchev–Trinajstić information content (AvgIpc) is 2.93. The SMILES string of the molecule is CN(C)C(=O)c1cc(Cl)ccc1CC[C@H](SCCC(=O)O)c1cccc(OCc2ccc3ccc(Cl)cc3n2)c1. The van der Waals surface area contributed by atoms with E-state index >= 15 is 0 Å². The lowest BCUT2D eigenvalue weighted by Crippen LogP contribution is -2.23. The summed E-state index contributed by atoms with van der Waals surface area (Å²) in [7, 11) is 3.43. The summed E-state index contributed by atoms with van der Waals surface area (Å²) in [6, 6.07) is 22.8. The van der Waals surface area contributed by atoms with Gasteiger partial charge in [0.05, 0.1) is 17.6 Å². The highest BCUT2D eigenvalue weighted by molar-refractivity contribution is 7.99. The Bertz CT molecular complexity index is 1510. The van der Waals surface area contributed by atoms with Gasteiger partial charge in [-0.05, 0) is 66.4 Å². The standard InChI is InChI=1S/C31H30Cl2N2O4S/c1-35(2)31(38)27-17-23(32)10-6-20(27)9-13-29(40-15-14-30(36)37)22-4-3-5-26(16-22)39-19-25-12-8-21-7-11-24(33)18-28(21)34-25/h3-8,10-12,16-18,29H,9,13-15,19H2,1-2H3,(H,36,37)/t29-/m0/s1. The fourth-order valence-electron chi connectivity index (χ4n) is 4.30. The minimum absolute atomic E-state index is 0.00169. The lowest BCUT2D eigenvalue weighted by Gasteiger charge is -2.20. The van der Waals surface area contributed by atoms with Crippen LogP contribution in [0.4, 0.5) is 0 Å². The second-order valence-electron chi connectivity index (χ2n) is 9.54. The molecule has 1 heterocycles. The minimum Gasteiger partial charge on any atom is -0.487 e. The monoisotopic (exact) mass is 596 g/mol. The number of rotatable bonds is 12. The maximum atomic E-state index is 12.8. The molecule has 0 aliphatic carbocycles. The van der Waals surface area contributed by atoms with Crippen LogP contribution in [0.2, 0.25) is 10.0 Å². The summed E-state index contributed by atoms with van der Waals surface area (Å²) in [4.78, 5) is 30.2. The molecule has 4 aromatic rings. The number of carbonyl (C=O) groups is 2. The molecule has 0 aliphatic rings. The number of carbonyl (C=O) groups excluding carboxylic acids is 1. The van der Waals surface area contributed by atoms with Crippen LogP contribution in [0.3, 0.4) is 0 Å². The molecule has 0 bridgehead atoms. The Kier molecular flexibility index (Phi) is 10.3. The molecule has 0 unspecified atom stereocenters. The first-order valence-corrected chi connectivity index (χ1v) is 14.6. The van der Waals surface area contributed by atoms with Crippen LogP contribution in [-0.4, -0.2) is 46.7 Å². The molecule has 4 rings (SSSR count). The zero-order chi connectivity index (χ0) is 28.6. The number of halogens is 2. The molecule has 1 atom stereocenters. The molecule has 9 heteroatoms. The molecule has 208 valence electrons. The van der Waals surface area contributed by atoms with Gasteiger partial charge in [-0.1, -0.05) is 53.5 Å². The molecule has 6 nitrogen and oxygen atoms in total. The summed E-state index contributed by atoms with van der Waals surface area (Å²) in [6.07, 6.45) is 1.40. The molecule has 0 saturated heterocycles. The molecule has 0 fully saturated rings. The van der Waals surface area contributed by atoms with E-state index in [-0.39, 0.29) is 17.6 Å². The van der Waals surface area contributed by atoms with Gasteiger partial charge in [0.1, 0.15) is 12.4 Å². The number of aromatic nitrogens is 1. The van der Waals surface area contributed by atoms with Crippen LogP contribution in [0.15, 0.2) is 72.8 Å². The third kappa shape index (κ3) is 8.13. The summed E-state index contributed by atoms with van der Waals surface area (Å²) < 4.78 is 6.09. The van der Waals surface area contributed by atoms with E-state index in [1.54, 1.807) is 38.0 Å². The molecule has 0 spiro atoms. The fourth-order valence-corrected chi connectivity index (χ4v) is 5.84. The Balaban J connectivity index is 1.50. The summed E-state index contributed by atoms with van der Waals surface area (Å²) in [5.41, 5.74) is 4.11. The zero-order valence-electron chi connectivity index (χ0n) is 22.3. The van der Waals surface area contributed by atoms with E-state index in [2.05, 4.69) is 4.98 Å². The highest BCUT2D eigenvalue weighted by Gasteiger charge is 2.18. The number of pyridine rings is 1. The number of benzene rings is 3. The van der Waals surface area contributed by atoms with Crippen LogP contribution in [-0.2, 0) is 17.8 Å². The summed E-state index contributed by atoms with van der Waals surface area (Å²) in [5, 5.41) is 11.3. The van der Waals surface area contributed by atoms with Crippen LogP contribution in [0.1, 0.15) is 45.3 Å². The lowest BCUT2D eigenvalue weighted by molar-refractivity contribution is -0.136. The predicted molar refractivity (Wildman–Crippen MR) is 163 cm³/mol. The van der Waals surface area contributed by atoms with Gasteiger partial charge in [-0.15, -0.1) is 0 Å². The average molecular weight is 598 g/mol. The van der Waals surface area contributed by atoms with Crippen LogP contribution < -0.4 is 4.74 Å². The molecule has 0 radical (unpaired) electrons. The smallest absolute Gasteiger partial charge is 0.304 e. The van der Waals surface area contributed by atoms with Crippen molar-refractivity contribution in [2.45, 2.75) is 31.1 Å². The number of thioether (sulfide) groups is 1. The van der Waals surface area contributed by atoms with E-state index in [1.807, 2.05) is 60.7 Å². The zero-order valence-corrected chi connectivity index (χ0v) is 24.6. The number of carboxylic acids is 1. The van der Waals surface area contributed by atoms with Crippen LogP contribution in [0.5, 0.6) is 5.75 Å². The molecule has 0 aliphatic heterocycles. The molecular weight excluding hydrogens is 567 g/mol. The molecule has 0 saturated carbocycles. The van der Waals surface area contributed by atoms with Crippen molar-refractivity contribution in [2.24, 2.45) is 0 Å².